The van der Waals surface area contributed by atoms with Crippen LogP contribution in [0.5, 0.6) is 5.75 Å². The summed E-state index contributed by atoms with van der Waals surface area (Å²) in [5.74, 6) is -3.29. The first-order valence-corrected chi connectivity index (χ1v) is 11.3. The summed E-state index contributed by atoms with van der Waals surface area (Å²) in [6, 6.07) is 4.70. The zero-order chi connectivity index (χ0) is 23.6. The van der Waals surface area contributed by atoms with Gasteiger partial charge in [0.25, 0.3) is 11.1 Å². The Hall–Kier alpha value is -2.67. The smallest absolute Gasteiger partial charge is 0.290 e. The van der Waals surface area contributed by atoms with E-state index >= 15 is 4.39 Å². The minimum Gasteiger partial charge on any atom is -0.504 e. The Morgan fingerprint density at radius 3 is 2.19 bits per heavy atom. The zero-order valence-corrected chi connectivity index (χ0v) is 19.5. The molecule has 1 heterocycles. The van der Waals surface area contributed by atoms with Gasteiger partial charge in [0.1, 0.15) is 5.82 Å². The van der Waals surface area contributed by atoms with E-state index in [2.05, 4.69) is 33.0 Å². The minimum atomic E-state index is -1.00. The second-order valence-electron chi connectivity index (χ2n) is 9.82. The van der Waals surface area contributed by atoms with Gasteiger partial charge in [-0.05, 0) is 82.8 Å². The molecule has 2 aromatic carbocycles. The molecule has 2 amide bonds. The molecule has 7 heteroatoms. The van der Waals surface area contributed by atoms with Crippen LogP contribution < -0.4 is 5.32 Å². The summed E-state index contributed by atoms with van der Waals surface area (Å²) in [4.78, 5) is 23.3. The normalized spacial score (nSPS) is 20.4. The maximum Gasteiger partial charge on any atom is 0.290 e. The van der Waals surface area contributed by atoms with Gasteiger partial charge in [-0.2, -0.15) is 0 Å². The molecule has 2 aliphatic rings. The lowest BCUT2D eigenvalue weighted by atomic mass is 9.62. The van der Waals surface area contributed by atoms with Crippen LogP contribution in [0.1, 0.15) is 62.8 Å². The van der Waals surface area contributed by atoms with Crippen LogP contribution >= 0.6 is 11.8 Å². The Labute approximate surface area is 190 Å². The molecule has 1 saturated heterocycles. The average Bonchev–Trinajstić information content (AvgIpc) is 3.01. The molecule has 2 N–H and O–H groups in total. The van der Waals surface area contributed by atoms with E-state index in [1.807, 2.05) is 19.1 Å². The summed E-state index contributed by atoms with van der Waals surface area (Å²) in [7, 11) is 0. The van der Waals surface area contributed by atoms with E-state index in [-0.39, 0.29) is 26.9 Å². The first-order valence-electron chi connectivity index (χ1n) is 10.4. The quantitative estimate of drug-likeness (QED) is 0.518. The van der Waals surface area contributed by atoms with Crippen molar-refractivity contribution in [1.82, 2.24) is 5.32 Å². The molecule has 1 aliphatic carbocycles. The Morgan fingerprint density at radius 2 is 1.62 bits per heavy atom. The molecule has 168 valence electrons. The van der Waals surface area contributed by atoms with Crippen molar-refractivity contribution in [2.24, 2.45) is 0 Å². The Morgan fingerprint density at radius 1 is 1.03 bits per heavy atom. The molecule has 1 aliphatic heterocycles. The summed E-state index contributed by atoms with van der Waals surface area (Å²) in [5.41, 5.74) is 2.69. The van der Waals surface area contributed by atoms with E-state index in [0.717, 1.165) is 36.1 Å². The molecule has 32 heavy (non-hydrogen) atoms. The number of carbonyl (C=O) groups is 2. The highest BCUT2D eigenvalue weighted by Crippen LogP contribution is 2.49. The van der Waals surface area contributed by atoms with Crippen LogP contribution in [0.3, 0.4) is 0 Å². The number of hydrogen-bond acceptors (Lipinski definition) is 4. The lowest BCUT2D eigenvalue weighted by Gasteiger charge is -2.42. The second kappa shape index (κ2) is 7.44. The van der Waals surface area contributed by atoms with Crippen molar-refractivity contribution in [3.05, 3.63) is 57.0 Å². The maximum absolute atomic E-state index is 15.6. The third-order valence-corrected chi connectivity index (χ3v) is 7.42. The number of benzene rings is 2. The molecule has 0 radical (unpaired) electrons. The SMILES string of the molecule is Cc1cc2c(cc1-c1c(O)c(F)cc(/C=C3/SC(=O)NC3=O)c1F)C(C)(C)CCC2(C)C. The van der Waals surface area contributed by atoms with E-state index in [4.69, 9.17) is 0 Å². The molecular weight excluding hydrogens is 432 g/mol. The summed E-state index contributed by atoms with van der Waals surface area (Å²) in [6.07, 6.45) is 3.10. The lowest BCUT2D eigenvalue weighted by Crippen LogP contribution is -2.34. The Bertz CT molecular complexity index is 1210. The number of rotatable bonds is 2. The van der Waals surface area contributed by atoms with Crippen LogP contribution in [-0.4, -0.2) is 16.3 Å². The first kappa shape index (κ1) is 22.5. The summed E-state index contributed by atoms with van der Waals surface area (Å²) < 4.78 is 30.3. The predicted octanol–water partition coefficient (Wildman–Crippen LogP) is 6.32. The van der Waals surface area contributed by atoms with Gasteiger partial charge in [-0.3, -0.25) is 14.9 Å². The van der Waals surface area contributed by atoms with Crippen molar-refractivity contribution in [1.29, 1.82) is 0 Å². The molecular formula is C25H25F2NO3S. The summed E-state index contributed by atoms with van der Waals surface area (Å²) in [5, 5.41) is 12.0. The molecule has 0 unspecified atom stereocenters. The standard InChI is InChI=1S/C25H25F2NO3S/c1-12-8-15-16(25(4,5)7-6-24(15,2)3)11-14(12)19-20(27)13(9-17(26)21(19)29)10-18-22(30)28-23(31)32-18/h8-11,29H,6-7H2,1-5H3,(H,28,30,31)/b18-10+. The number of halogens is 2. The van der Waals surface area contributed by atoms with E-state index in [1.165, 1.54) is 5.56 Å². The van der Waals surface area contributed by atoms with Crippen LogP contribution in [0.4, 0.5) is 13.6 Å². The number of hydrogen-bond donors (Lipinski definition) is 2. The van der Waals surface area contributed by atoms with Gasteiger partial charge in [0, 0.05) is 5.56 Å². The molecule has 0 aromatic heterocycles. The number of carbonyl (C=O) groups excluding carboxylic acids is 2. The zero-order valence-electron chi connectivity index (χ0n) is 18.7. The van der Waals surface area contributed by atoms with Gasteiger partial charge in [0.15, 0.2) is 11.6 Å². The number of phenols is 1. The van der Waals surface area contributed by atoms with Crippen molar-refractivity contribution < 1.29 is 23.5 Å². The molecule has 1 fully saturated rings. The molecule has 0 bridgehead atoms. The number of amides is 2. The fraction of sp³-hybridized carbons (Fsp3) is 0.360. The van der Waals surface area contributed by atoms with Crippen LogP contribution in [0.25, 0.3) is 17.2 Å². The van der Waals surface area contributed by atoms with E-state index in [0.29, 0.717) is 17.3 Å². The van der Waals surface area contributed by atoms with Gasteiger partial charge in [-0.25, -0.2) is 8.78 Å². The lowest BCUT2D eigenvalue weighted by molar-refractivity contribution is -0.115. The monoisotopic (exact) mass is 457 g/mol. The van der Waals surface area contributed by atoms with Gasteiger partial charge in [0.2, 0.25) is 0 Å². The number of thioether (sulfide) groups is 1. The van der Waals surface area contributed by atoms with Crippen LogP contribution in [0.15, 0.2) is 23.1 Å². The van der Waals surface area contributed by atoms with Crippen molar-refractivity contribution in [2.75, 3.05) is 0 Å². The highest BCUT2D eigenvalue weighted by atomic mass is 32.2. The fourth-order valence-electron chi connectivity index (χ4n) is 4.54. The largest absolute Gasteiger partial charge is 0.504 e. The van der Waals surface area contributed by atoms with Gasteiger partial charge in [0.05, 0.1) is 10.5 Å². The van der Waals surface area contributed by atoms with Gasteiger partial charge >= 0.3 is 0 Å². The topological polar surface area (TPSA) is 66.4 Å². The van der Waals surface area contributed by atoms with Crippen LogP contribution in [0, 0.1) is 18.6 Å². The second-order valence-corrected chi connectivity index (χ2v) is 10.8. The number of aryl methyl sites for hydroxylation is 1. The number of nitrogens with one attached hydrogen (secondary N) is 1. The highest BCUT2D eigenvalue weighted by Gasteiger charge is 2.38. The third kappa shape index (κ3) is 3.62. The number of aromatic hydroxyl groups is 1. The van der Waals surface area contributed by atoms with Crippen LogP contribution in [-0.2, 0) is 15.6 Å². The van der Waals surface area contributed by atoms with Gasteiger partial charge in [-0.15, -0.1) is 0 Å². The number of fused-ring (bicyclic) bond motifs is 1. The predicted molar refractivity (Wildman–Crippen MR) is 123 cm³/mol. The molecule has 0 spiro atoms. The first-order chi connectivity index (χ1) is 14.8. The molecule has 4 rings (SSSR count). The van der Waals surface area contributed by atoms with Crippen molar-refractivity contribution in [3.8, 4) is 16.9 Å². The molecule has 0 atom stereocenters. The number of phenolic OH excluding ortho intramolecular Hbond substituents is 1. The Kier molecular flexibility index (Phi) is 5.24. The van der Waals surface area contributed by atoms with E-state index < -0.39 is 28.5 Å². The summed E-state index contributed by atoms with van der Waals surface area (Å²) >= 11 is 0.620. The average molecular weight is 458 g/mol. The van der Waals surface area contributed by atoms with Gasteiger partial charge < -0.3 is 5.11 Å². The van der Waals surface area contributed by atoms with E-state index in [1.54, 1.807) is 0 Å². The highest BCUT2D eigenvalue weighted by molar-refractivity contribution is 8.18. The molecule has 2 aromatic rings. The van der Waals surface area contributed by atoms with Gasteiger partial charge in [-0.1, -0.05) is 33.8 Å². The maximum atomic E-state index is 15.6. The number of imide groups is 1. The summed E-state index contributed by atoms with van der Waals surface area (Å²) in [6.45, 7) is 10.4. The third-order valence-electron chi connectivity index (χ3n) is 6.61. The molecule has 0 saturated carbocycles. The van der Waals surface area contributed by atoms with E-state index in [9.17, 15) is 19.1 Å². The fourth-order valence-corrected chi connectivity index (χ4v) is 5.21. The van der Waals surface area contributed by atoms with Crippen molar-refractivity contribution in [3.63, 3.8) is 0 Å². The minimum absolute atomic E-state index is 0.0324. The molecule has 4 nitrogen and oxygen atoms in total. The van der Waals surface area contributed by atoms with Crippen LogP contribution in [0.2, 0.25) is 0 Å². The Balaban J connectivity index is 1.95. The van der Waals surface area contributed by atoms with Crippen molar-refractivity contribution >= 4 is 29.0 Å². The van der Waals surface area contributed by atoms with Crippen molar-refractivity contribution in [2.45, 2.75) is 58.3 Å².